The average Bonchev–Trinajstić information content (AvgIpc) is 2.20. The van der Waals surface area contributed by atoms with Crippen molar-refractivity contribution in [3.05, 3.63) is 22.7 Å². The van der Waals surface area contributed by atoms with Gasteiger partial charge in [0.15, 0.2) is 0 Å². The van der Waals surface area contributed by atoms with Crippen molar-refractivity contribution in [3.8, 4) is 5.75 Å². The number of nitrogen functional groups attached to an aromatic ring is 1. The predicted molar refractivity (Wildman–Crippen MR) is 68.1 cm³/mol. The van der Waals surface area contributed by atoms with Gasteiger partial charge in [-0.2, -0.15) is 0 Å². The zero-order chi connectivity index (χ0) is 11.3. The van der Waals surface area contributed by atoms with Crippen LogP contribution in [0, 0.1) is 5.92 Å². The average molecular weight is 272 g/mol. The molecule has 1 atom stereocenters. The van der Waals surface area contributed by atoms with Crippen LogP contribution < -0.4 is 10.5 Å². The van der Waals surface area contributed by atoms with Gasteiger partial charge in [0.1, 0.15) is 5.75 Å². The second-order valence-corrected chi connectivity index (χ2v) is 4.75. The topological polar surface area (TPSA) is 35.2 Å². The standard InChI is InChI=1S/C12H18BrNO/c1-3-4-9(2)8-15-12-7-10(14)5-6-11(12)13/h5-7,9H,3-4,8,14H2,1-2H3. The second kappa shape index (κ2) is 6.01. The molecule has 3 heteroatoms. The number of ether oxygens (including phenoxy) is 1. The third kappa shape index (κ3) is 4.12. The Bertz CT molecular complexity index is 314. The Kier molecular flexibility index (Phi) is 4.95. The van der Waals surface area contributed by atoms with Gasteiger partial charge in [0.25, 0.3) is 0 Å². The first kappa shape index (κ1) is 12.4. The molecular formula is C12H18BrNO. The summed E-state index contributed by atoms with van der Waals surface area (Å²) in [4.78, 5) is 0. The molecule has 15 heavy (non-hydrogen) atoms. The molecule has 0 aliphatic carbocycles. The molecule has 1 rings (SSSR count). The Balaban J connectivity index is 2.53. The molecule has 2 N–H and O–H groups in total. The van der Waals surface area contributed by atoms with Crippen LogP contribution in [0.1, 0.15) is 26.7 Å². The SMILES string of the molecule is CCCC(C)COc1cc(N)ccc1Br. The molecule has 0 radical (unpaired) electrons. The molecule has 0 amide bonds. The van der Waals surface area contributed by atoms with E-state index in [4.69, 9.17) is 10.5 Å². The van der Waals surface area contributed by atoms with E-state index in [0.29, 0.717) is 5.92 Å². The first-order valence-corrected chi connectivity index (χ1v) is 6.10. The van der Waals surface area contributed by atoms with Crippen LogP contribution in [0.25, 0.3) is 0 Å². The highest BCUT2D eigenvalue weighted by molar-refractivity contribution is 9.10. The summed E-state index contributed by atoms with van der Waals surface area (Å²) in [5.74, 6) is 1.42. The summed E-state index contributed by atoms with van der Waals surface area (Å²) in [6, 6.07) is 5.62. The normalized spacial score (nSPS) is 12.5. The van der Waals surface area contributed by atoms with Crippen molar-refractivity contribution >= 4 is 21.6 Å². The largest absolute Gasteiger partial charge is 0.492 e. The van der Waals surface area contributed by atoms with Gasteiger partial charge in [-0.3, -0.25) is 0 Å². The second-order valence-electron chi connectivity index (χ2n) is 3.89. The summed E-state index contributed by atoms with van der Waals surface area (Å²) >= 11 is 3.44. The summed E-state index contributed by atoms with van der Waals surface area (Å²) in [5.41, 5.74) is 6.42. The van der Waals surface area contributed by atoms with E-state index in [9.17, 15) is 0 Å². The van der Waals surface area contributed by atoms with Gasteiger partial charge in [-0.25, -0.2) is 0 Å². The third-order valence-corrected chi connectivity index (χ3v) is 2.92. The fourth-order valence-corrected chi connectivity index (χ4v) is 1.80. The molecule has 1 aromatic carbocycles. The number of benzene rings is 1. The van der Waals surface area contributed by atoms with Gasteiger partial charge in [0.05, 0.1) is 11.1 Å². The smallest absolute Gasteiger partial charge is 0.135 e. The summed E-state index contributed by atoms with van der Waals surface area (Å²) in [6.07, 6.45) is 2.39. The van der Waals surface area contributed by atoms with E-state index in [2.05, 4.69) is 29.8 Å². The van der Waals surface area contributed by atoms with Crippen LogP contribution in [-0.2, 0) is 0 Å². The van der Waals surface area contributed by atoms with Crippen molar-refractivity contribution in [2.24, 2.45) is 5.92 Å². The fourth-order valence-electron chi connectivity index (χ4n) is 1.44. The first-order valence-electron chi connectivity index (χ1n) is 5.31. The van der Waals surface area contributed by atoms with Crippen LogP contribution in [0.4, 0.5) is 5.69 Å². The maximum absolute atomic E-state index is 5.71. The van der Waals surface area contributed by atoms with Gasteiger partial charge in [-0.05, 0) is 40.4 Å². The van der Waals surface area contributed by atoms with Crippen molar-refractivity contribution in [1.29, 1.82) is 0 Å². The fraction of sp³-hybridized carbons (Fsp3) is 0.500. The molecule has 0 spiro atoms. The maximum atomic E-state index is 5.71. The molecule has 0 heterocycles. The number of halogens is 1. The molecular weight excluding hydrogens is 254 g/mol. The molecule has 0 saturated heterocycles. The summed E-state index contributed by atoms with van der Waals surface area (Å²) in [6.45, 7) is 5.13. The quantitative estimate of drug-likeness (QED) is 0.826. The molecule has 0 bridgehead atoms. The van der Waals surface area contributed by atoms with Crippen LogP contribution in [0.3, 0.4) is 0 Å². The number of hydrogen-bond donors (Lipinski definition) is 1. The van der Waals surface area contributed by atoms with E-state index in [1.165, 1.54) is 12.8 Å². The van der Waals surface area contributed by atoms with Gasteiger partial charge in [0.2, 0.25) is 0 Å². The summed E-state index contributed by atoms with van der Waals surface area (Å²) < 4.78 is 6.66. The minimum Gasteiger partial charge on any atom is -0.492 e. The Morgan fingerprint density at radius 1 is 1.47 bits per heavy atom. The number of nitrogens with two attached hydrogens (primary N) is 1. The van der Waals surface area contributed by atoms with Crippen molar-refractivity contribution < 1.29 is 4.74 Å². The van der Waals surface area contributed by atoms with Crippen LogP contribution in [0.2, 0.25) is 0 Å². The minimum absolute atomic E-state index is 0.586. The lowest BCUT2D eigenvalue weighted by atomic mass is 10.1. The molecule has 0 aliphatic rings. The Morgan fingerprint density at radius 2 is 2.20 bits per heavy atom. The predicted octanol–water partition coefficient (Wildman–Crippen LogP) is 3.85. The minimum atomic E-state index is 0.586. The van der Waals surface area contributed by atoms with E-state index in [1.54, 1.807) is 0 Å². The molecule has 1 aromatic rings. The number of anilines is 1. The highest BCUT2D eigenvalue weighted by atomic mass is 79.9. The van der Waals surface area contributed by atoms with Crippen LogP contribution in [0.15, 0.2) is 22.7 Å². The van der Waals surface area contributed by atoms with Crippen molar-refractivity contribution in [2.45, 2.75) is 26.7 Å². The lowest BCUT2D eigenvalue weighted by Gasteiger charge is -2.13. The maximum Gasteiger partial charge on any atom is 0.135 e. The molecule has 84 valence electrons. The van der Waals surface area contributed by atoms with Gasteiger partial charge in [0, 0.05) is 11.8 Å². The van der Waals surface area contributed by atoms with Gasteiger partial charge < -0.3 is 10.5 Å². The molecule has 0 saturated carbocycles. The van der Waals surface area contributed by atoms with Gasteiger partial charge >= 0.3 is 0 Å². The van der Waals surface area contributed by atoms with E-state index in [0.717, 1.165) is 22.5 Å². The van der Waals surface area contributed by atoms with Crippen molar-refractivity contribution in [3.63, 3.8) is 0 Å². The van der Waals surface area contributed by atoms with Crippen molar-refractivity contribution in [1.82, 2.24) is 0 Å². The Hall–Kier alpha value is -0.700. The van der Waals surface area contributed by atoms with Crippen LogP contribution in [-0.4, -0.2) is 6.61 Å². The molecule has 2 nitrogen and oxygen atoms in total. The van der Waals surface area contributed by atoms with E-state index >= 15 is 0 Å². The zero-order valence-electron chi connectivity index (χ0n) is 9.29. The zero-order valence-corrected chi connectivity index (χ0v) is 10.9. The van der Waals surface area contributed by atoms with E-state index < -0.39 is 0 Å². The van der Waals surface area contributed by atoms with Gasteiger partial charge in [-0.1, -0.05) is 20.3 Å². The van der Waals surface area contributed by atoms with Crippen LogP contribution >= 0.6 is 15.9 Å². The molecule has 0 aromatic heterocycles. The molecule has 0 fully saturated rings. The number of hydrogen-bond acceptors (Lipinski definition) is 2. The third-order valence-electron chi connectivity index (χ3n) is 2.26. The van der Waals surface area contributed by atoms with Crippen molar-refractivity contribution in [2.75, 3.05) is 12.3 Å². The van der Waals surface area contributed by atoms with E-state index in [1.807, 2.05) is 18.2 Å². The monoisotopic (exact) mass is 271 g/mol. The lowest BCUT2D eigenvalue weighted by Crippen LogP contribution is -2.08. The summed E-state index contributed by atoms with van der Waals surface area (Å²) in [5, 5.41) is 0. The van der Waals surface area contributed by atoms with Crippen LogP contribution in [0.5, 0.6) is 5.75 Å². The highest BCUT2D eigenvalue weighted by Crippen LogP contribution is 2.27. The number of rotatable bonds is 5. The Morgan fingerprint density at radius 3 is 2.87 bits per heavy atom. The van der Waals surface area contributed by atoms with Gasteiger partial charge in [-0.15, -0.1) is 0 Å². The first-order chi connectivity index (χ1) is 7.13. The Labute approximate surface area is 99.9 Å². The summed E-state index contributed by atoms with van der Waals surface area (Å²) in [7, 11) is 0. The molecule has 1 unspecified atom stereocenters. The highest BCUT2D eigenvalue weighted by Gasteiger charge is 2.05. The van der Waals surface area contributed by atoms with E-state index in [-0.39, 0.29) is 0 Å². The lowest BCUT2D eigenvalue weighted by molar-refractivity contribution is 0.250. The molecule has 0 aliphatic heterocycles.